The Morgan fingerprint density at radius 2 is 1.88 bits per heavy atom. The number of rotatable bonds is 6. The van der Waals surface area contributed by atoms with Crippen LogP contribution in [0.4, 0.5) is 5.69 Å². The van der Waals surface area contributed by atoms with Crippen LogP contribution in [-0.2, 0) is 6.42 Å². The van der Waals surface area contributed by atoms with Gasteiger partial charge in [-0.25, -0.2) is 0 Å². The number of hydrogen-bond donors (Lipinski definition) is 1. The summed E-state index contributed by atoms with van der Waals surface area (Å²) in [6, 6.07) is 16.4. The first kappa shape index (κ1) is 16.9. The highest BCUT2D eigenvalue weighted by Gasteiger charge is 2.11. The molecule has 0 saturated carbocycles. The zero-order valence-corrected chi connectivity index (χ0v) is 15.0. The van der Waals surface area contributed by atoms with Crippen molar-refractivity contribution in [1.29, 1.82) is 0 Å². The largest absolute Gasteiger partial charge is 0.325 e. The van der Waals surface area contributed by atoms with Crippen LogP contribution in [0.5, 0.6) is 0 Å². The third-order valence-electron chi connectivity index (χ3n) is 4.07. The Labute approximate surface area is 152 Å². The maximum absolute atomic E-state index is 5.45. The van der Waals surface area contributed by atoms with Gasteiger partial charge in [-0.2, -0.15) is 5.10 Å². The summed E-state index contributed by atoms with van der Waals surface area (Å²) in [5.41, 5.74) is 4.24. The van der Waals surface area contributed by atoms with E-state index in [9.17, 15) is 0 Å². The second-order valence-electron chi connectivity index (χ2n) is 5.53. The minimum atomic E-state index is 0.564. The molecule has 5 heteroatoms. The summed E-state index contributed by atoms with van der Waals surface area (Å²) in [6.07, 6.45) is 4.41. The number of H-pyrrole nitrogens is 1. The molecular weight excluding hydrogens is 328 g/mol. The third kappa shape index (κ3) is 3.32. The van der Waals surface area contributed by atoms with Gasteiger partial charge in [0.2, 0.25) is 0 Å². The lowest BCUT2D eigenvalue weighted by atomic mass is 10.1. The van der Waals surface area contributed by atoms with Crippen LogP contribution in [0.1, 0.15) is 12.5 Å². The molecule has 1 aromatic heterocycles. The highest BCUT2D eigenvalue weighted by molar-refractivity contribution is 7.71. The van der Waals surface area contributed by atoms with Gasteiger partial charge in [0.15, 0.2) is 10.6 Å². The first-order valence-corrected chi connectivity index (χ1v) is 8.49. The molecule has 0 unspecified atom stereocenters. The van der Waals surface area contributed by atoms with Crippen molar-refractivity contribution in [2.24, 2.45) is 0 Å². The molecule has 0 atom stereocenters. The van der Waals surface area contributed by atoms with Gasteiger partial charge >= 0.3 is 0 Å². The second kappa shape index (κ2) is 7.32. The first-order chi connectivity index (χ1) is 12.2. The van der Waals surface area contributed by atoms with Crippen LogP contribution in [0.3, 0.4) is 0 Å². The third-order valence-corrected chi connectivity index (χ3v) is 4.34. The van der Waals surface area contributed by atoms with Gasteiger partial charge in [-0.1, -0.05) is 38.3 Å². The molecule has 2 aromatic carbocycles. The van der Waals surface area contributed by atoms with E-state index in [-0.39, 0.29) is 0 Å². The molecule has 0 radical (unpaired) electrons. The van der Waals surface area contributed by atoms with Crippen LogP contribution in [-0.4, -0.2) is 14.8 Å². The van der Waals surface area contributed by atoms with Crippen LogP contribution in [0, 0.1) is 4.77 Å². The van der Waals surface area contributed by atoms with Crippen LogP contribution in [0.2, 0.25) is 0 Å². The maximum atomic E-state index is 5.45. The minimum absolute atomic E-state index is 0.564. The molecule has 25 heavy (non-hydrogen) atoms. The van der Waals surface area contributed by atoms with E-state index in [1.807, 2.05) is 45.9 Å². The number of aryl methyl sites for hydroxylation is 1. The Bertz CT molecular complexity index is 942. The van der Waals surface area contributed by atoms with E-state index in [0.717, 1.165) is 29.2 Å². The van der Waals surface area contributed by atoms with Gasteiger partial charge in [0.05, 0.1) is 5.69 Å². The Kier molecular flexibility index (Phi) is 4.95. The lowest BCUT2D eigenvalue weighted by Gasteiger charge is -2.15. The summed E-state index contributed by atoms with van der Waals surface area (Å²) in [5, 5.41) is 7.34. The fourth-order valence-electron chi connectivity index (χ4n) is 2.72. The number of hydrogen-bond acceptors (Lipinski definition) is 3. The van der Waals surface area contributed by atoms with Crippen LogP contribution >= 0.6 is 12.2 Å². The fraction of sp³-hybridized carbons (Fsp3) is 0.100. The fourth-order valence-corrected chi connectivity index (χ4v) is 2.96. The van der Waals surface area contributed by atoms with Gasteiger partial charge < -0.3 is 4.90 Å². The Morgan fingerprint density at radius 3 is 2.52 bits per heavy atom. The predicted molar refractivity (Wildman–Crippen MR) is 106 cm³/mol. The number of anilines is 1. The molecule has 0 fully saturated rings. The zero-order valence-electron chi connectivity index (χ0n) is 14.1. The molecule has 4 nitrogen and oxygen atoms in total. The predicted octanol–water partition coefficient (Wildman–Crippen LogP) is 5.25. The Hall–Kier alpha value is -2.92. The molecular formula is C20H20N4S. The summed E-state index contributed by atoms with van der Waals surface area (Å²) in [6.45, 7) is 9.70. The molecule has 0 spiro atoms. The quantitative estimate of drug-likeness (QED) is 0.618. The van der Waals surface area contributed by atoms with E-state index >= 15 is 0 Å². The number of aromatic amines is 1. The summed E-state index contributed by atoms with van der Waals surface area (Å²) >= 11 is 5.45. The summed E-state index contributed by atoms with van der Waals surface area (Å²) in [7, 11) is 0. The smallest absolute Gasteiger partial charge is 0.200 e. The first-order valence-electron chi connectivity index (χ1n) is 8.08. The van der Waals surface area contributed by atoms with Crippen molar-refractivity contribution in [3.63, 3.8) is 0 Å². The van der Waals surface area contributed by atoms with E-state index < -0.39 is 0 Å². The number of benzene rings is 2. The SMILES string of the molecule is C=CN(C=C)c1ccc(-n2c(-c3cccc(CC)c3)n[nH]c2=S)cc1. The average Bonchev–Trinajstić information content (AvgIpc) is 3.05. The van der Waals surface area contributed by atoms with Gasteiger partial charge in [0, 0.05) is 23.7 Å². The molecule has 1 heterocycles. The molecule has 0 saturated heterocycles. The molecule has 0 aliphatic rings. The summed E-state index contributed by atoms with van der Waals surface area (Å²) in [4.78, 5) is 1.85. The van der Waals surface area contributed by atoms with Crippen molar-refractivity contribution in [3.8, 4) is 17.1 Å². The highest BCUT2D eigenvalue weighted by atomic mass is 32.1. The van der Waals surface area contributed by atoms with Gasteiger partial charge in [-0.3, -0.25) is 9.67 Å². The van der Waals surface area contributed by atoms with Crippen molar-refractivity contribution in [2.75, 3.05) is 4.90 Å². The lowest BCUT2D eigenvalue weighted by Crippen LogP contribution is -2.05. The standard InChI is InChI=1S/C20H20N4S/c1-4-15-8-7-9-16(14-15)19-21-22-20(25)24(19)18-12-10-17(11-13-18)23(5-2)6-3/h5-14H,2-4H2,1H3,(H,22,25). The molecule has 0 bridgehead atoms. The molecule has 3 aromatic rings. The topological polar surface area (TPSA) is 36.9 Å². The lowest BCUT2D eigenvalue weighted by molar-refractivity contribution is 1.03. The van der Waals surface area contributed by atoms with Crippen molar-refractivity contribution in [3.05, 3.63) is 84.4 Å². The number of nitrogens with zero attached hydrogens (tertiary/aromatic N) is 3. The van der Waals surface area contributed by atoms with E-state index in [0.29, 0.717) is 4.77 Å². The van der Waals surface area contributed by atoms with E-state index in [1.165, 1.54) is 5.56 Å². The van der Waals surface area contributed by atoms with Gasteiger partial charge in [0.25, 0.3) is 0 Å². The highest BCUT2D eigenvalue weighted by Crippen LogP contribution is 2.24. The van der Waals surface area contributed by atoms with E-state index in [2.05, 4.69) is 42.4 Å². The molecule has 0 aliphatic heterocycles. The van der Waals surface area contributed by atoms with E-state index in [1.54, 1.807) is 12.4 Å². The molecule has 0 aliphatic carbocycles. The maximum Gasteiger partial charge on any atom is 0.200 e. The number of aromatic nitrogens is 3. The van der Waals surface area contributed by atoms with Crippen LogP contribution in [0.15, 0.2) is 74.1 Å². The normalized spacial score (nSPS) is 10.4. The van der Waals surface area contributed by atoms with Crippen molar-refractivity contribution in [2.45, 2.75) is 13.3 Å². The summed E-state index contributed by atoms with van der Waals surface area (Å²) < 4.78 is 2.51. The van der Waals surface area contributed by atoms with Crippen LogP contribution in [0.25, 0.3) is 17.1 Å². The van der Waals surface area contributed by atoms with Crippen molar-refractivity contribution in [1.82, 2.24) is 14.8 Å². The second-order valence-corrected chi connectivity index (χ2v) is 5.92. The average molecular weight is 348 g/mol. The van der Waals surface area contributed by atoms with Gasteiger partial charge in [-0.15, -0.1) is 0 Å². The van der Waals surface area contributed by atoms with Crippen molar-refractivity contribution >= 4 is 17.9 Å². The van der Waals surface area contributed by atoms with E-state index in [4.69, 9.17) is 12.2 Å². The molecule has 126 valence electrons. The number of nitrogens with one attached hydrogen (secondary N) is 1. The minimum Gasteiger partial charge on any atom is -0.325 e. The Morgan fingerprint density at radius 1 is 1.16 bits per heavy atom. The molecule has 1 N–H and O–H groups in total. The van der Waals surface area contributed by atoms with Gasteiger partial charge in [-0.05, 0) is 54.5 Å². The summed E-state index contributed by atoms with van der Waals surface area (Å²) in [5.74, 6) is 0.803. The van der Waals surface area contributed by atoms with Crippen LogP contribution < -0.4 is 4.90 Å². The van der Waals surface area contributed by atoms with Gasteiger partial charge in [0.1, 0.15) is 0 Å². The van der Waals surface area contributed by atoms with Crippen molar-refractivity contribution < 1.29 is 0 Å². The Balaban J connectivity index is 2.06. The molecule has 3 rings (SSSR count). The zero-order chi connectivity index (χ0) is 17.8. The monoisotopic (exact) mass is 348 g/mol. The molecule has 0 amide bonds.